The molecule has 1 aromatic heterocycles. The van der Waals surface area contributed by atoms with E-state index in [-0.39, 0.29) is 18.3 Å². The van der Waals surface area contributed by atoms with Gasteiger partial charge in [0.15, 0.2) is 4.80 Å². The minimum Gasteiger partial charge on any atom is -0.466 e. The number of amides is 1. The molecule has 0 saturated carbocycles. The van der Waals surface area contributed by atoms with Gasteiger partial charge in [-0.1, -0.05) is 45.1 Å². The molecule has 0 atom stereocenters. The van der Waals surface area contributed by atoms with Crippen molar-refractivity contribution in [2.45, 2.75) is 54.0 Å². The Balaban J connectivity index is 2.50. The van der Waals surface area contributed by atoms with Gasteiger partial charge >= 0.3 is 5.97 Å². The van der Waals surface area contributed by atoms with E-state index in [1.165, 1.54) is 16.9 Å². The third kappa shape index (κ3) is 4.78. The number of fused-ring (bicyclic) bond motifs is 1. The van der Waals surface area contributed by atoms with Crippen molar-refractivity contribution in [1.29, 1.82) is 0 Å². The summed E-state index contributed by atoms with van der Waals surface area (Å²) >= 11 is 1.49. The first kappa shape index (κ1) is 19.4. The molecule has 136 valence electrons. The summed E-state index contributed by atoms with van der Waals surface area (Å²) < 4.78 is 8.03. The molecule has 0 fully saturated rings. The van der Waals surface area contributed by atoms with Gasteiger partial charge in [-0.3, -0.25) is 9.59 Å². The predicted molar refractivity (Wildman–Crippen MR) is 100 cm³/mol. The summed E-state index contributed by atoms with van der Waals surface area (Å²) in [4.78, 5) is 29.1. The Bertz CT molecular complexity index is 840. The largest absolute Gasteiger partial charge is 0.466 e. The number of aromatic nitrogens is 1. The Morgan fingerprint density at radius 1 is 1.24 bits per heavy atom. The molecule has 2 rings (SSSR count). The van der Waals surface area contributed by atoms with Crippen LogP contribution in [-0.2, 0) is 27.3 Å². The number of carbonyl (C=O) groups excluding carboxylic acids is 2. The fraction of sp³-hybridized carbons (Fsp3) is 0.526. The van der Waals surface area contributed by atoms with E-state index >= 15 is 0 Å². The molecular weight excluding hydrogens is 336 g/mol. The molecule has 0 aliphatic carbocycles. The third-order valence-corrected chi connectivity index (χ3v) is 4.88. The molecule has 0 N–H and O–H groups in total. The monoisotopic (exact) mass is 362 g/mol. The lowest BCUT2D eigenvalue weighted by Gasteiger charge is -2.12. The number of hydrogen-bond donors (Lipinski definition) is 0. The topological polar surface area (TPSA) is 60.7 Å². The average molecular weight is 362 g/mol. The maximum atomic E-state index is 12.4. The first-order chi connectivity index (χ1) is 11.8. The van der Waals surface area contributed by atoms with E-state index in [1.54, 1.807) is 6.92 Å². The first-order valence-corrected chi connectivity index (χ1v) is 9.45. The second-order valence-electron chi connectivity index (χ2n) is 6.91. The highest BCUT2D eigenvalue weighted by Gasteiger charge is 2.21. The van der Waals surface area contributed by atoms with Crippen LogP contribution in [-0.4, -0.2) is 23.1 Å². The maximum absolute atomic E-state index is 12.4. The van der Waals surface area contributed by atoms with Crippen LogP contribution in [0.3, 0.4) is 0 Å². The predicted octanol–water partition coefficient (Wildman–Crippen LogP) is 3.69. The second kappa shape index (κ2) is 7.95. The summed E-state index contributed by atoms with van der Waals surface area (Å²) in [5, 5.41) is 0. The van der Waals surface area contributed by atoms with E-state index in [4.69, 9.17) is 4.74 Å². The van der Waals surface area contributed by atoms with Crippen molar-refractivity contribution in [1.82, 2.24) is 4.57 Å². The smallest absolute Gasteiger partial charge is 0.307 e. The van der Waals surface area contributed by atoms with Gasteiger partial charge in [0, 0.05) is 12.0 Å². The van der Waals surface area contributed by atoms with Crippen molar-refractivity contribution in [3.63, 3.8) is 0 Å². The highest BCUT2D eigenvalue weighted by molar-refractivity contribution is 7.16. The van der Waals surface area contributed by atoms with E-state index in [1.807, 2.05) is 31.4 Å². The number of hydrogen-bond acceptors (Lipinski definition) is 4. The molecule has 0 aliphatic heterocycles. The Morgan fingerprint density at radius 2 is 1.96 bits per heavy atom. The summed E-state index contributed by atoms with van der Waals surface area (Å²) in [5.74, 6) is -0.410. The number of benzene rings is 1. The van der Waals surface area contributed by atoms with Crippen molar-refractivity contribution >= 4 is 33.4 Å². The molecule has 0 saturated heterocycles. The summed E-state index contributed by atoms with van der Waals surface area (Å²) in [7, 11) is 0. The SMILES string of the molecule is CCOC(=O)CCn1c(=NC(=O)C(C)(C)C)sc2cc(CC)ccc21. The normalized spacial score (nSPS) is 12.6. The summed E-state index contributed by atoms with van der Waals surface area (Å²) in [6, 6.07) is 6.24. The molecule has 25 heavy (non-hydrogen) atoms. The molecule has 0 aliphatic rings. The molecule has 1 amide bonds. The van der Waals surface area contributed by atoms with Crippen molar-refractivity contribution < 1.29 is 14.3 Å². The van der Waals surface area contributed by atoms with E-state index in [2.05, 4.69) is 24.0 Å². The molecule has 2 aromatic rings. The first-order valence-electron chi connectivity index (χ1n) is 8.63. The zero-order chi connectivity index (χ0) is 18.6. The Kier molecular flexibility index (Phi) is 6.16. The molecular formula is C19H26N2O3S. The summed E-state index contributed by atoms with van der Waals surface area (Å²) in [5.41, 5.74) is 1.69. The number of nitrogens with zero attached hydrogens (tertiary/aromatic N) is 2. The van der Waals surface area contributed by atoms with Crippen LogP contribution < -0.4 is 4.80 Å². The van der Waals surface area contributed by atoms with Gasteiger partial charge in [-0.05, 0) is 31.0 Å². The van der Waals surface area contributed by atoms with Crippen LogP contribution in [0.1, 0.15) is 46.6 Å². The lowest BCUT2D eigenvalue weighted by atomic mass is 9.96. The molecule has 5 nitrogen and oxygen atoms in total. The highest BCUT2D eigenvalue weighted by atomic mass is 32.1. The van der Waals surface area contributed by atoms with Crippen LogP contribution in [0.4, 0.5) is 0 Å². The number of rotatable bonds is 5. The van der Waals surface area contributed by atoms with Gasteiger partial charge in [0.05, 0.1) is 23.2 Å². The number of esters is 1. The zero-order valence-electron chi connectivity index (χ0n) is 15.6. The van der Waals surface area contributed by atoms with E-state index in [9.17, 15) is 9.59 Å². The lowest BCUT2D eigenvalue weighted by Crippen LogP contribution is -2.24. The van der Waals surface area contributed by atoms with Crippen LogP contribution in [0.25, 0.3) is 10.2 Å². The van der Waals surface area contributed by atoms with Crippen molar-refractivity contribution in [3.8, 4) is 0 Å². The van der Waals surface area contributed by atoms with E-state index in [0.717, 1.165) is 16.6 Å². The molecule has 1 aromatic carbocycles. The Labute approximate surface area is 152 Å². The van der Waals surface area contributed by atoms with Crippen molar-refractivity contribution in [2.75, 3.05) is 6.61 Å². The quantitative estimate of drug-likeness (QED) is 0.762. The minimum absolute atomic E-state index is 0.167. The number of carbonyl (C=O) groups is 2. The lowest BCUT2D eigenvalue weighted by molar-refractivity contribution is -0.143. The fourth-order valence-corrected chi connectivity index (χ4v) is 3.45. The van der Waals surface area contributed by atoms with Crippen LogP contribution in [0, 0.1) is 5.41 Å². The molecule has 0 bridgehead atoms. The third-order valence-electron chi connectivity index (χ3n) is 3.84. The minimum atomic E-state index is -0.538. The zero-order valence-corrected chi connectivity index (χ0v) is 16.4. The highest BCUT2D eigenvalue weighted by Crippen LogP contribution is 2.21. The molecule has 6 heteroatoms. The fourth-order valence-electron chi connectivity index (χ4n) is 2.33. The second-order valence-corrected chi connectivity index (χ2v) is 7.92. The van der Waals surface area contributed by atoms with Gasteiger partial charge in [-0.25, -0.2) is 0 Å². The summed E-state index contributed by atoms with van der Waals surface area (Å²) in [6.45, 7) is 10.3. The maximum Gasteiger partial charge on any atom is 0.307 e. The van der Waals surface area contributed by atoms with Crippen LogP contribution in [0.15, 0.2) is 23.2 Å². The Morgan fingerprint density at radius 3 is 2.56 bits per heavy atom. The van der Waals surface area contributed by atoms with Crippen LogP contribution in [0.2, 0.25) is 0 Å². The molecule has 0 radical (unpaired) electrons. The summed E-state index contributed by atoms with van der Waals surface area (Å²) in [6.07, 6.45) is 1.20. The standard InChI is InChI=1S/C19H26N2O3S/c1-6-13-8-9-14-15(12-13)25-18(20-17(23)19(3,4)5)21(14)11-10-16(22)24-7-2/h8-9,12H,6-7,10-11H2,1-5H3. The van der Waals surface area contributed by atoms with Gasteiger partial charge in [0.2, 0.25) is 0 Å². The Hall–Kier alpha value is -1.95. The molecule has 1 heterocycles. The average Bonchev–Trinajstić information content (AvgIpc) is 2.88. The van der Waals surface area contributed by atoms with Crippen molar-refractivity contribution in [2.24, 2.45) is 10.4 Å². The number of aryl methyl sites for hydroxylation is 2. The molecule has 0 unspecified atom stereocenters. The van der Waals surface area contributed by atoms with Crippen LogP contribution in [0.5, 0.6) is 0 Å². The van der Waals surface area contributed by atoms with Gasteiger partial charge in [0.25, 0.3) is 5.91 Å². The van der Waals surface area contributed by atoms with Gasteiger partial charge in [-0.2, -0.15) is 4.99 Å². The number of ether oxygens (including phenoxy) is 1. The van der Waals surface area contributed by atoms with Gasteiger partial charge in [-0.15, -0.1) is 0 Å². The molecule has 0 spiro atoms. The number of thiazole rings is 1. The van der Waals surface area contributed by atoms with Crippen molar-refractivity contribution in [3.05, 3.63) is 28.6 Å². The van der Waals surface area contributed by atoms with E-state index in [0.29, 0.717) is 18.0 Å². The van der Waals surface area contributed by atoms with Gasteiger partial charge in [0.1, 0.15) is 0 Å². The van der Waals surface area contributed by atoms with E-state index < -0.39 is 5.41 Å². The van der Waals surface area contributed by atoms with Crippen LogP contribution >= 0.6 is 11.3 Å². The van der Waals surface area contributed by atoms with Gasteiger partial charge < -0.3 is 9.30 Å².